The van der Waals surface area contributed by atoms with E-state index in [2.05, 4.69) is 11.5 Å². The van der Waals surface area contributed by atoms with Crippen molar-refractivity contribution in [1.82, 2.24) is 4.90 Å². The average Bonchev–Trinajstić information content (AvgIpc) is 2.40. The fraction of sp³-hybridized carbons (Fsp3) is 0.429. The van der Waals surface area contributed by atoms with Crippen LogP contribution in [0.4, 0.5) is 0 Å². The summed E-state index contributed by atoms with van der Waals surface area (Å²) in [5, 5.41) is 8.93. The Morgan fingerprint density at radius 1 is 1.33 bits per heavy atom. The summed E-state index contributed by atoms with van der Waals surface area (Å²) >= 11 is 0. The fourth-order valence-corrected chi connectivity index (χ4v) is 1.72. The highest BCUT2D eigenvalue weighted by Crippen LogP contribution is 2.16. The predicted molar refractivity (Wildman–Crippen MR) is 73.6 cm³/mol. The first-order valence-electron chi connectivity index (χ1n) is 6.16. The maximum atomic E-state index is 8.93. The van der Waals surface area contributed by atoms with Crippen molar-refractivity contribution in [2.75, 3.05) is 32.8 Å². The molecule has 0 aliphatic carbocycles. The van der Waals surface area contributed by atoms with E-state index in [1.165, 1.54) is 0 Å². The lowest BCUT2D eigenvalue weighted by molar-refractivity contribution is 0.179. The quantitative estimate of drug-likeness (QED) is 0.642. The Hall–Kier alpha value is -1.36. The number of nitrogens with zero attached hydrogens (tertiary/aromatic N) is 1. The van der Waals surface area contributed by atoms with E-state index in [9.17, 15) is 0 Å². The number of aliphatic hydroxyl groups is 1. The van der Waals surface area contributed by atoms with Crippen molar-refractivity contribution in [2.45, 2.75) is 6.54 Å². The summed E-state index contributed by atoms with van der Waals surface area (Å²) in [4.78, 5) is 2.08. The average molecular weight is 250 g/mol. The van der Waals surface area contributed by atoms with E-state index in [0.717, 1.165) is 24.4 Å². The number of nitrogens with two attached hydrogens (primary N) is 1. The summed E-state index contributed by atoms with van der Waals surface area (Å²) in [5.74, 6) is 0.836. The maximum absolute atomic E-state index is 8.93. The van der Waals surface area contributed by atoms with Crippen molar-refractivity contribution in [3.05, 3.63) is 42.5 Å². The van der Waals surface area contributed by atoms with Gasteiger partial charge < -0.3 is 15.6 Å². The highest BCUT2D eigenvalue weighted by atomic mass is 16.5. The summed E-state index contributed by atoms with van der Waals surface area (Å²) in [5.41, 5.74) is 6.65. The zero-order chi connectivity index (χ0) is 13.2. The lowest BCUT2D eigenvalue weighted by atomic mass is 10.2. The molecular formula is C14H22N2O2. The van der Waals surface area contributed by atoms with Gasteiger partial charge in [-0.25, -0.2) is 0 Å². The molecule has 0 bridgehead atoms. The Morgan fingerprint density at radius 2 is 2.11 bits per heavy atom. The molecule has 0 radical (unpaired) electrons. The van der Waals surface area contributed by atoms with Crippen molar-refractivity contribution >= 4 is 0 Å². The third-order valence-corrected chi connectivity index (χ3v) is 2.66. The number of benzene rings is 1. The highest BCUT2D eigenvalue weighted by molar-refractivity contribution is 5.32. The topological polar surface area (TPSA) is 58.7 Å². The van der Waals surface area contributed by atoms with Gasteiger partial charge in [0, 0.05) is 31.7 Å². The first-order chi connectivity index (χ1) is 8.81. The molecule has 0 amide bonds. The molecule has 1 aromatic rings. The molecule has 1 rings (SSSR count). The van der Waals surface area contributed by atoms with Gasteiger partial charge in [0.05, 0.1) is 6.61 Å². The smallest absolute Gasteiger partial charge is 0.123 e. The van der Waals surface area contributed by atoms with Crippen LogP contribution in [0.2, 0.25) is 0 Å². The van der Waals surface area contributed by atoms with Crippen LogP contribution in [-0.2, 0) is 6.54 Å². The van der Waals surface area contributed by atoms with Crippen LogP contribution in [0.1, 0.15) is 5.56 Å². The number of hydrogen-bond acceptors (Lipinski definition) is 4. The molecule has 0 atom stereocenters. The lowest BCUT2D eigenvalue weighted by Crippen LogP contribution is -2.31. The Labute approximate surface area is 109 Å². The van der Waals surface area contributed by atoms with Gasteiger partial charge >= 0.3 is 0 Å². The Morgan fingerprint density at radius 3 is 2.78 bits per heavy atom. The van der Waals surface area contributed by atoms with Crippen LogP contribution in [0.25, 0.3) is 0 Å². The van der Waals surface area contributed by atoms with Crippen LogP contribution < -0.4 is 10.5 Å². The largest absolute Gasteiger partial charge is 0.492 e. The van der Waals surface area contributed by atoms with Gasteiger partial charge in [0.1, 0.15) is 12.4 Å². The van der Waals surface area contributed by atoms with E-state index in [0.29, 0.717) is 19.7 Å². The first kappa shape index (κ1) is 14.7. The molecule has 0 spiro atoms. The van der Waals surface area contributed by atoms with Gasteiger partial charge in [-0.1, -0.05) is 24.3 Å². The number of aliphatic hydroxyl groups excluding tert-OH is 1. The van der Waals surface area contributed by atoms with Crippen molar-refractivity contribution in [3.8, 4) is 5.75 Å². The zero-order valence-corrected chi connectivity index (χ0v) is 10.7. The van der Waals surface area contributed by atoms with E-state index in [1.54, 1.807) is 0 Å². The monoisotopic (exact) mass is 250 g/mol. The number of para-hydroxylation sites is 1. The second-order valence-corrected chi connectivity index (χ2v) is 3.97. The summed E-state index contributed by atoms with van der Waals surface area (Å²) in [6.45, 7) is 7.03. The van der Waals surface area contributed by atoms with Crippen LogP contribution in [-0.4, -0.2) is 42.9 Å². The third kappa shape index (κ3) is 4.87. The number of ether oxygens (including phenoxy) is 1. The molecule has 18 heavy (non-hydrogen) atoms. The standard InChI is InChI=1S/C14H22N2O2/c1-2-7-16(8-10-17)9-11-18-14-6-4-3-5-13(14)12-15/h2-6,17H,1,7-12,15H2. The van der Waals surface area contributed by atoms with Crippen molar-refractivity contribution in [3.63, 3.8) is 0 Å². The second kappa shape index (κ2) is 8.69. The molecule has 4 heteroatoms. The molecule has 100 valence electrons. The SMILES string of the molecule is C=CCN(CCO)CCOc1ccccc1CN. The van der Waals surface area contributed by atoms with Crippen LogP contribution >= 0.6 is 0 Å². The van der Waals surface area contributed by atoms with Gasteiger partial charge in [-0.15, -0.1) is 6.58 Å². The van der Waals surface area contributed by atoms with Crippen molar-refractivity contribution in [2.24, 2.45) is 5.73 Å². The molecule has 0 saturated heterocycles. The van der Waals surface area contributed by atoms with Crippen LogP contribution in [0.5, 0.6) is 5.75 Å². The molecule has 0 saturated carbocycles. The van der Waals surface area contributed by atoms with Gasteiger partial charge in [0.2, 0.25) is 0 Å². The minimum absolute atomic E-state index is 0.146. The molecule has 0 aliphatic heterocycles. The summed E-state index contributed by atoms with van der Waals surface area (Å²) < 4.78 is 5.71. The Balaban J connectivity index is 2.41. The maximum Gasteiger partial charge on any atom is 0.123 e. The first-order valence-corrected chi connectivity index (χ1v) is 6.16. The van der Waals surface area contributed by atoms with Gasteiger partial charge in [0.15, 0.2) is 0 Å². The molecule has 0 aliphatic rings. The Bertz CT molecular complexity index is 355. The van der Waals surface area contributed by atoms with Gasteiger partial charge in [-0.3, -0.25) is 4.90 Å². The molecule has 0 unspecified atom stereocenters. The number of rotatable bonds is 9. The van der Waals surface area contributed by atoms with E-state index in [-0.39, 0.29) is 6.61 Å². The summed E-state index contributed by atoms with van der Waals surface area (Å²) in [7, 11) is 0. The number of hydrogen-bond donors (Lipinski definition) is 2. The van der Waals surface area contributed by atoms with E-state index < -0.39 is 0 Å². The minimum atomic E-state index is 0.146. The van der Waals surface area contributed by atoms with Crippen molar-refractivity contribution in [1.29, 1.82) is 0 Å². The molecule has 3 N–H and O–H groups in total. The zero-order valence-electron chi connectivity index (χ0n) is 10.7. The molecule has 4 nitrogen and oxygen atoms in total. The minimum Gasteiger partial charge on any atom is -0.492 e. The van der Waals surface area contributed by atoms with Crippen molar-refractivity contribution < 1.29 is 9.84 Å². The van der Waals surface area contributed by atoms with E-state index in [4.69, 9.17) is 15.6 Å². The van der Waals surface area contributed by atoms with Gasteiger partial charge in [0.25, 0.3) is 0 Å². The molecular weight excluding hydrogens is 228 g/mol. The highest BCUT2D eigenvalue weighted by Gasteiger charge is 2.04. The predicted octanol–water partition coefficient (Wildman–Crippen LogP) is 1.00. The second-order valence-electron chi connectivity index (χ2n) is 3.97. The molecule has 0 fully saturated rings. The van der Waals surface area contributed by atoms with Gasteiger partial charge in [-0.05, 0) is 6.07 Å². The summed E-state index contributed by atoms with van der Waals surface area (Å²) in [6, 6.07) is 7.77. The third-order valence-electron chi connectivity index (χ3n) is 2.66. The van der Waals surface area contributed by atoms with E-state index in [1.807, 2.05) is 30.3 Å². The summed E-state index contributed by atoms with van der Waals surface area (Å²) in [6.07, 6.45) is 1.82. The van der Waals surface area contributed by atoms with Gasteiger partial charge in [-0.2, -0.15) is 0 Å². The van der Waals surface area contributed by atoms with Crippen LogP contribution in [0.3, 0.4) is 0 Å². The molecule has 0 aromatic heterocycles. The van der Waals surface area contributed by atoms with Crippen LogP contribution in [0, 0.1) is 0 Å². The normalized spacial score (nSPS) is 10.6. The fourth-order valence-electron chi connectivity index (χ4n) is 1.72. The molecule has 1 aromatic carbocycles. The van der Waals surface area contributed by atoms with E-state index >= 15 is 0 Å². The molecule has 0 heterocycles. The lowest BCUT2D eigenvalue weighted by Gasteiger charge is -2.20. The van der Waals surface area contributed by atoms with Crippen LogP contribution in [0.15, 0.2) is 36.9 Å². The Kier molecular flexibility index (Phi) is 7.10.